The van der Waals surface area contributed by atoms with E-state index in [2.05, 4.69) is 16.7 Å². The van der Waals surface area contributed by atoms with Gasteiger partial charge < -0.3 is 10.6 Å². The molecule has 3 rings (SSSR count). The third-order valence-corrected chi connectivity index (χ3v) is 4.72. The molecule has 0 spiro atoms. The predicted molar refractivity (Wildman–Crippen MR) is 104 cm³/mol. The second kappa shape index (κ2) is 8.48. The maximum Gasteiger partial charge on any atom is 0.253 e. The highest BCUT2D eigenvalue weighted by atomic mass is 16.2. The van der Waals surface area contributed by atoms with E-state index < -0.39 is 0 Å². The molecule has 2 N–H and O–H groups in total. The Morgan fingerprint density at radius 2 is 1.73 bits per heavy atom. The van der Waals surface area contributed by atoms with Gasteiger partial charge in [-0.15, -0.1) is 0 Å². The molecule has 1 aliphatic carbocycles. The molecule has 0 fully saturated rings. The zero-order chi connectivity index (χ0) is 18.4. The Morgan fingerprint density at radius 1 is 1.00 bits per heavy atom. The van der Waals surface area contributed by atoms with Crippen LogP contribution in [0.5, 0.6) is 0 Å². The lowest BCUT2D eigenvalue weighted by molar-refractivity contribution is -0.120. The molecular weight excluding hydrogens is 324 g/mol. The Morgan fingerprint density at radius 3 is 2.46 bits per heavy atom. The lowest BCUT2D eigenvalue weighted by atomic mass is 9.93. The summed E-state index contributed by atoms with van der Waals surface area (Å²) in [5.74, 6) is -0.245. The van der Waals surface area contributed by atoms with Crippen LogP contribution in [-0.2, 0) is 4.79 Å². The van der Waals surface area contributed by atoms with Crippen molar-refractivity contribution in [1.29, 1.82) is 0 Å². The minimum Gasteiger partial charge on any atom is -0.345 e. The molecule has 4 heteroatoms. The summed E-state index contributed by atoms with van der Waals surface area (Å²) in [7, 11) is 0. The summed E-state index contributed by atoms with van der Waals surface area (Å²) in [6, 6.07) is 16.8. The first-order valence-corrected chi connectivity index (χ1v) is 9.06. The Bertz CT molecular complexity index is 799. The van der Waals surface area contributed by atoms with E-state index in [1.54, 1.807) is 18.2 Å². The van der Waals surface area contributed by atoms with Gasteiger partial charge in [-0.05, 0) is 43.9 Å². The van der Waals surface area contributed by atoms with Crippen molar-refractivity contribution in [3.05, 3.63) is 77.9 Å². The SMILES string of the molecule is CC(NC(=O)c1ccccc1NC(=O)C1CC=CCC1)c1ccccc1. The van der Waals surface area contributed by atoms with Crippen LogP contribution < -0.4 is 10.6 Å². The van der Waals surface area contributed by atoms with Crippen molar-refractivity contribution in [2.75, 3.05) is 5.32 Å². The van der Waals surface area contributed by atoms with Crippen molar-refractivity contribution in [3.63, 3.8) is 0 Å². The zero-order valence-electron chi connectivity index (χ0n) is 14.9. The number of carbonyl (C=O) groups excluding carboxylic acids is 2. The van der Waals surface area contributed by atoms with Crippen molar-refractivity contribution >= 4 is 17.5 Å². The Labute approximate surface area is 154 Å². The molecule has 0 saturated carbocycles. The summed E-state index contributed by atoms with van der Waals surface area (Å²) in [5.41, 5.74) is 2.08. The molecule has 1 aliphatic rings. The molecule has 2 aromatic rings. The van der Waals surface area contributed by atoms with E-state index in [1.807, 2.05) is 49.4 Å². The number of para-hydroxylation sites is 1. The number of benzene rings is 2. The summed E-state index contributed by atoms with van der Waals surface area (Å²) >= 11 is 0. The smallest absolute Gasteiger partial charge is 0.253 e. The molecule has 0 aliphatic heterocycles. The van der Waals surface area contributed by atoms with E-state index in [4.69, 9.17) is 0 Å². The summed E-state index contributed by atoms with van der Waals surface area (Å²) in [6.07, 6.45) is 6.69. The first-order valence-electron chi connectivity index (χ1n) is 9.06. The molecule has 26 heavy (non-hydrogen) atoms. The number of hydrogen-bond acceptors (Lipinski definition) is 2. The van der Waals surface area contributed by atoms with Gasteiger partial charge in [-0.2, -0.15) is 0 Å². The Hall–Kier alpha value is -2.88. The maximum absolute atomic E-state index is 12.7. The van der Waals surface area contributed by atoms with Crippen LogP contribution in [0.4, 0.5) is 5.69 Å². The minimum atomic E-state index is -0.194. The van der Waals surface area contributed by atoms with Crippen LogP contribution in [-0.4, -0.2) is 11.8 Å². The minimum absolute atomic E-state index is 0.0225. The van der Waals surface area contributed by atoms with Gasteiger partial charge in [0, 0.05) is 5.92 Å². The molecule has 2 atom stereocenters. The van der Waals surface area contributed by atoms with Crippen LogP contribution in [0.3, 0.4) is 0 Å². The van der Waals surface area contributed by atoms with E-state index in [9.17, 15) is 9.59 Å². The van der Waals surface area contributed by atoms with Crippen LogP contribution in [0.2, 0.25) is 0 Å². The fourth-order valence-corrected chi connectivity index (χ4v) is 3.16. The number of amides is 2. The molecule has 2 unspecified atom stereocenters. The van der Waals surface area contributed by atoms with Crippen LogP contribution in [0.25, 0.3) is 0 Å². The van der Waals surface area contributed by atoms with Gasteiger partial charge in [0.2, 0.25) is 5.91 Å². The average Bonchev–Trinajstić information content (AvgIpc) is 2.69. The number of carbonyl (C=O) groups is 2. The quantitative estimate of drug-likeness (QED) is 0.783. The van der Waals surface area contributed by atoms with Crippen LogP contribution in [0.15, 0.2) is 66.7 Å². The van der Waals surface area contributed by atoms with Gasteiger partial charge in [-0.1, -0.05) is 54.6 Å². The summed E-state index contributed by atoms with van der Waals surface area (Å²) in [5, 5.41) is 5.94. The fourth-order valence-electron chi connectivity index (χ4n) is 3.16. The van der Waals surface area contributed by atoms with Crippen molar-refractivity contribution in [2.24, 2.45) is 5.92 Å². The molecule has 0 bridgehead atoms. The third kappa shape index (κ3) is 4.39. The van der Waals surface area contributed by atoms with Gasteiger partial charge >= 0.3 is 0 Å². The van der Waals surface area contributed by atoms with Gasteiger partial charge in [0.05, 0.1) is 17.3 Å². The Kier molecular flexibility index (Phi) is 5.84. The monoisotopic (exact) mass is 348 g/mol. The second-order valence-electron chi connectivity index (χ2n) is 6.62. The lowest BCUT2D eigenvalue weighted by Crippen LogP contribution is -2.29. The number of nitrogens with one attached hydrogen (secondary N) is 2. The van der Waals surface area contributed by atoms with E-state index in [0.717, 1.165) is 24.8 Å². The first-order chi connectivity index (χ1) is 12.6. The van der Waals surface area contributed by atoms with Gasteiger partial charge in [0.1, 0.15) is 0 Å². The molecule has 4 nitrogen and oxygen atoms in total. The van der Waals surface area contributed by atoms with Crippen molar-refractivity contribution in [3.8, 4) is 0 Å². The van der Waals surface area contributed by atoms with Gasteiger partial charge in [-0.25, -0.2) is 0 Å². The fraction of sp³-hybridized carbons (Fsp3) is 0.273. The van der Waals surface area contributed by atoms with Crippen LogP contribution in [0.1, 0.15) is 48.1 Å². The number of rotatable bonds is 5. The molecule has 2 aromatic carbocycles. The van der Waals surface area contributed by atoms with Crippen molar-refractivity contribution < 1.29 is 9.59 Å². The normalized spacial score (nSPS) is 17.3. The highest BCUT2D eigenvalue weighted by molar-refractivity contribution is 6.04. The molecular formula is C22H24N2O2. The predicted octanol–water partition coefficient (Wildman–Crippen LogP) is 4.47. The summed E-state index contributed by atoms with van der Waals surface area (Å²) in [6.45, 7) is 1.95. The number of anilines is 1. The highest BCUT2D eigenvalue weighted by Gasteiger charge is 2.21. The van der Waals surface area contributed by atoms with Gasteiger partial charge in [-0.3, -0.25) is 9.59 Å². The molecule has 2 amide bonds. The second-order valence-corrected chi connectivity index (χ2v) is 6.62. The van der Waals surface area contributed by atoms with Gasteiger partial charge in [0.25, 0.3) is 5.91 Å². The summed E-state index contributed by atoms with van der Waals surface area (Å²) < 4.78 is 0. The number of hydrogen-bond donors (Lipinski definition) is 2. The van der Waals surface area contributed by atoms with E-state index in [-0.39, 0.29) is 23.8 Å². The maximum atomic E-state index is 12.7. The molecule has 0 saturated heterocycles. The molecule has 0 heterocycles. The van der Waals surface area contributed by atoms with E-state index in [1.165, 1.54) is 0 Å². The molecule has 0 radical (unpaired) electrons. The van der Waals surface area contributed by atoms with Crippen LogP contribution >= 0.6 is 0 Å². The third-order valence-electron chi connectivity index (χ3n) is 4.72. The average molecular weight is 348 g/mol. The summed E-state index contributed by atoms with van der Waals surface area (Å²) in [4.78, 5) is 25.2. The van der Waals surface area contributed by atoms with Crippen LogP contribution in [0, 0.1) is 5.92 Å². The van der Waals surface area contributed by atoms with E-state index in [0.29, 0.717) is 11.3 Å². The zero-order valence-corrected chi connectivity index (χ0v) is 14.9. The van der Waals surface area contributed by atoms with E-state index >= 15 is 0 Å². The topological polar surface area (TPSA) is 58.2 Å². The van der Waals surface area contributed by atoms with Gasteiger partial charge in [0.15, 0.2) is 0 Å². The molecule has 0 aromatic heterocycles. The standard InChI is InChI=1S/C22H24N2O2/c1-16(17-10-4-2-5-11-17)23-22(26)19-14-8-9-15-20(19)24-21(25)18-12-6-3-7-13-18/h2-6,8-11,14-16,18H,7,12-13H2,1H3,(H,23,26)(H,24,25). The highest BCUT2D eigenvalue weighted by Crippen LogP contribution is 2.22. The first kappa shape index (κ1) is 17.9. The van der Waals surface area contributed by atoms with Crippen molar-refractivity contribution in [2.45, 2.75) is 32.2 Å². The number of allylic oxidation sites excluding steroid dienone is 2. The largest absolute Gasteiger partial charge is 0.345 e. The molecule has 134 valence electrons. The Balaban J connectivity index is 1.71. The lowest BCUT2D eigenvalue weighted by Gasteiger charge is -2.19. The van der Waals surface area contributed by atoms with Crippen molar-refractivity contribution in [1.82, 2.24) is 5.32 Å².